The Hall–Kier alpha value is -0.880. The lowest BCUT2D eigenvalue weighted by Crippen LogP contribution is -2.35. The Morgan fingerprint density at radius 1 is 0.893 bits per heavy atom. The van der Waals surface area contributed by atoms with E-state index in [1.165, 1.54) is 75.3 Å². The van der Waals surface area contributed by atoms with Crippen LogP contribution in [0.5, 0.6) is 0 Å². The zero-order valence-electron chi connectivity index (χ0n) is 18.4. The molecule has 156 valence electrons. The van der Waals surface area contributed by atoms with Gasteiger partial charge in [-0.2, -0.15) is 0 Å². The molecule has 3 rings (SSSR count). The first-order chi connectivity index (χ1) is 13.5. The van der Waals surface area contributed by atoms with Gasteiger partial charge in [-0.1, -0.05) is 68.9 Å². The van der Waals surface area contributed by atoms with Crippen molar-refractivity contribution in [3.05, 3.63) is 35.9 Å². The zero-order chi connectivity index (χ0) is 19.8. The molecule has 0 unspecified atom stereocenters. The van der Waals surface area contributed by atoms with Gasteiger partial charge in [0.25, 0.3) is 0 Å². The van der Waals surface area contributed by atoms with Crippen molar-refractivity contribution >= 4 is 13.5 Å². The molecule has 2 aliphatic rings. The van der Waals surface area contributed by atoms with Crippen molar-refractivity contribution in [1.82, 2.24) is 5.32 Å². The standard InChI is InChI=1S/C25H41N2P/c1-25(2,3)27-24(26-20-19-21-13-7-4-8-14-21)28(22-15-9-5-10-16-22)23-17-11-6-12-18-23/h4,7-8,13-14,22-23H,5-6,9-12,15-20H2,1-3H3,(H,26,27). The molecule has 2 fully saturated rings. The first-order valence-corrected chi connectivity index (χ1v) is 13.2. The molecule has 1 N–H and O–H groups in total. The molecule has 2 saturated carbocycles. The van der Waals surface area contributed by atoms with Gasteiger partial charge < -0.3 is 5.32 Å². The first kappa shape index (κ1) is 21.8. The number of hydrogen-bond acceptors (Lipinski definition) is 1. The Labute approximate surface area is 174 Å². The van der Waals surface area contributed by atoms with Gasteiger partial charge in [-0.05, 0) is 77.7 Å². The van der Waals surface area contributed by atoms with Crippen LogP contribution >= 0.6 is 7.92 Å². The highest BCUT2D eigenvalue weighted by Gasteiger charge is 2.35. The summed E-state index contributed by atoms with van der Waals surface area (Å²) in [4.78, 5) is 5.33. The zero-order valence-corrected chi connectivity index (χ0v) is 19.3. The normalized spacial score (nSPS) is 20.5. The van der Waals surface area contributed by atoms with E-state index in [0.29, 0.717) is 0 Å². The molecule has 0 amide bonds. The molecule has 28 heavy (non-hydrogen) atoms. The highest BCUT2D eigenvalue weighted by molar-refractivity contribution is 7.76. The molecule has 1 aromatic rings. The molecule has 0 radical (unpaired) electrons. The van der Waals surface area contributed by atoms with E-state index in [2.05, 4.69) is 56.4 Å². The number of benzene rings is 1. The largest absolute Gasteiger partial charge is 0.370 e. The Bertz CT molecular complexity index is 575. The summed E-state index contributed by atoms with van der Waals surface area (Å²) in [6, 6.07) is 10.9. The van der Waals surface area contributed by atoms with E-state index < -0.39 is 0 Å². The van der Waals surface area contributed by atoms with Gasteiger partial charge in [-0.15, -0.1) is 0 Å². The summed E-state index contributed by atoms with van der Waals surface area (Å²) in [6.07, 6.45) is 15.4. The summed E-state index contributed by atoms with van der Waals surface area (Å²) >= 11 is 0. The van der Waals surface area contributed by atoms with Crippen LogP contribution in [0, 0.1) is 0 Å². The van der Waals surface area contributed by atoms with E-state index in [-0.39, 0.29) is 13.5 Å². The summed E-state index contributed by atoms with van der Waals surface area (Å²) in [5.41, 5.74) is 4.62. The van der Waals surface area contributed by atoms with Crippen molar-refractivity contribution < 1.29 is 0 Å². The molecule has 0 spiro atoms. The summed E-state index contributed by atoms with van der Waals surface area (Å²) in [6.45, 7) is 7.81. The lowest BCUT2D eigenvalue weighted by atomic mass is 9.99. The highest BCUT2D eigenvalue weighted by Crippen LogP contribution is 2.56. The molecule has 0 heterocycles. The lowest BCUT2D eigenvalue weighted by Gasteiger charge is -2.39. The summed E-state index contributed by atoms with van der Waals surface area (Å²) in [5, 5.41) is 3.90. The molecule has 0 saturated heterocycles. The fourth-order valence-electron chi connectivity index (χ4n) is 4.83. The topological polar surface area (TPSA) is 24.4 Å². The van der Waals surface area contributed by atoms with Crippen LogP contribution in [0.15, 0.2) is 35.3 Å². The third-order valence-corrected chi connectivity index (χ3v) is 9.52. The molecule has 0 bridgehead atoms. The van der Waals surface area contributed by atoms with E-state index in [4.69, 9.17) is 4.99 Å². The van der Waals surface area contributed by atoms with Crippen LogP contribution in [-0.2, 0) is 6.42 Å². The van der Waals surface area contributed by atoms with Gasteiger partial charge >= 0.3 is 0 Å². The monoisotopic (exact) mass is 400 g/mol. The molecule has 0 aromatic heterocycles. The summed E-state index contributed by atoms with van der Waals surface area (Å²) < 4.78 is 0. The predicted molar refractivity (Wildman–Crippen MR) is 126 cm³/mol. The number of nitrogens with zero attached hydrogens (tertiary/aromatic N) is 1. The Morgan fingerprint density at radius 3 is 1.93 bits per heavy atom. The number of amidine groups is 1. The molecule has 1 aromatic carbocycles. The van der Waals surface area contributed by atoms with Crippen LogP contribution in [0.25, 0.3) is 0 Å². The summed E-state index contributed by atoms with van der Waals surface area (Å²) in [7, 11) is -0.166. The maximum atomic E-state index is 5.33. The molecule has 2 aliphatic carbocycles. The second kappa shape index (κ2) is 10.8. The predicted octanol–water partition coefficient (Wildman–Crippen LogP) is 7.12. The van der Waals surface area contributed by atoms with Gasteiger partial charge in [0, 0.05) is 6.54 Å². The van der Waals surface area contributed by atoms with Gasteiger partial charge in [-0.25, -0.2) is 0 Å². The SMILES string of the molecule is CC(C)(C)/N=C(/NCCc1ccccc1)P(C1CCCCC1)C1CCCCC1. The van der Waals surface area contributed by atoms with Gasteiger partial charge in [-0.3, -0.25) is 4.99 Å². The van der Waals surface area contributed by atoms with Crippen LogP contribution in [0.2, 0.25) is 0 Å². The van der Waals surface area contributed by atoms with Crippen LogP contribution < -0.4 is 5.32 Å². The van der Waals surface area contributed by atoms with Crippen LogP contribution in [0.1, 0.15) is 90.5 Å². The van der Waals surface area contributed by atoms with Crippen molar-refractivity contribution in [1.29, 1.82) is 0 Å². The number of rotatable bonds is 6. The highest BCUT2D eigenvalue weighted by atomic mass is 31.1. The van der Waals surface area contributed by atoms with Gasteiger partial charge in [0.2, 0.25) is 0 Å². The molecule has 0 atom stereocenters. The quantitative estimate of drug-likeness (QED) is 0.307. The first-order valence-electron chi connectivity index (χ1n) is 11.7. The van der Waals surface area contributed by atoms with Gasteiger partial charge in [0.05, 0.1) is 5.54 Å². The molecule has 0 aliphatic heterocycles. The van der Waals surface area contributed by atoms with E-state index in [1.807, 2.05) is 0 Å². The van der Waals surface area contributed by atoms with E-state index in [9.17, 15) is 0 Å². The van der Waals surface area contributed by atoms with E-state index in [1.54, 1.807) is 0 Å². The Morgan fingerprint density at radius 2 is 1.43 bits per heavy atom. The average Bonchev–Trinajstić information content (AvgIpc) is 2.69. The number of aliphatic imine (C=N–C) groups is 1. The van der Waals surface area contributed by atoms with E-state index >= 15 is 0 Å². The Balaban J connectivity index is 1.77. The molecular formula is C25H41N2P. The molecule has 2 nitrogen and oxygen atoms in total. The van der Waals surface area contributed by atoms with Crippen LogP contribution in [0.3, 0.4) is 0 Å². The Kier molecular flexibility index (Phi) is 8.39. The smallest absolute Gasteiger partial charge is 0.120 e. The second-order valence-electron chi connectivity index (χ2n) is 9.76. The van der Waals surface area contributed by atoms with Crippen molar-refractivity contribution in [3.63, 3.8) is 0 Å². The van der Waals surface area contributed by atoms with Crippen molar-refractivity contribution in [2.24, 2.45) is 4.99 Å². The fourth-order valence-corrected chi connectivity index (χ4v) is 8.67. The lowest BCUT2D eigenvalue weighted by molar-refractivity contribution is 0.486. The minimum absolute atomic E-state index is 0.000995. The molecular weight excluding hydrogens is 359 g/mol. The van der Waals surface area contributed by atoms with Crippen molar-refractivity contribution in [2.75, 3.05) is 6.54 Å². The molecule has 3 heteroatoms. The third kappa shape index (κ3) is 6.87. The van der Waals surface area contributed by atoms with Crippen molar-refractivity contribution in [2.45, 2.75) is 108 Å². The fraction of sp³-hybridized carbons (Fsp3) is 0.720. The minimum Gasteiger partial charge on any atom is -0.370 e. The minimum atomic E-state index is -0.166. The van der Waals surface area contributed by atoms with Gasteiger partial charge in [0.15, 0.2) is 0 Å². The average molecular weight is 401 g/mol. The van der Waals surface area contributed by atoms with Crippen molar-refractivity contribution in [3.8, 4) is 0 Å². The number of hydrogen-bond donors (Lipinski definition) is 1. The second-order valence-corrected chi connectivity index (χ2v) is 12.5. The number of nitrogens with one attached hydrogen (secondary N) is 1. The van der Waals surface area contributed by atoms with Gasteiger partial charge in [0.1, 0.15) is 5.58 Å². The third-order valence-electron chi connectivity index (χ3n) is 6.16. The maximum Gasteiger partial charge on any atom is 0.120 e. The maximum absolute atomic E-state index is 5.33. The summed E-state index contributed by atoms with van der Waals surface area (Å²) in [5.74, 6) is 0. The van der Waals surface area contributed by atoms with Crippen LogP contribution in [0.4, 0.5) is 0 Å². The van der Waals surface area contributed by atoms with E-state index in [0.717, 1.165) is 24.3 Å². The van der Waals surface area contributed by atoms with Crippen LogP contribution in [-0.4, -0.2) is 29.0 Å².